The summed E-state index contributed by atoms with van der Waals surface area (Å²) < 4.78 is 0. The number of amides is 1. The van der Waals surface area contributed by atoms with Gasteiger partial charge in [-0.05, 0) is 32.1 Å². The molecule has 0 aromatic rings. The third-order valence-electron chi connectivity index (χ3n) is 4.36. The SMILES string of the molecule is NC(=NO)C1(C(=O)N2CCCCC2)CCCCC1. The van der Waals surface area contributed by atoms with Crippen LogP contribution in [-0.2, 0) is 4.79 Å². The van der Waals surface area contributed by atoms with E-state index in [1.54, 1.807) is 0 Å². The zero-order valence-electron chi connectivity index (χ0n) is 10.9. The van der Waals surface area contributed by atoms with Crippen molar-refractivity contribution in [2.24, 2.45) is 16.3 Å². The Kier molecular flexibility index (Phi) is 4.09. The molecule has 0 unspecified atom stereocenters. The van der Waals surface area contributed by atoms with E-state index in [1.165, 1.54) is 6.42 Å². The summed E-state index contributed by atoms with van der Waals surface area (Å²) >= 11 is 0. The zero-order chi connectivity index (χ0) is 13.0. The van der Waals surface area contributed by atoms with Crippen molar-refractivity contribution in [1.29, 1.82) is 0 Å². The number of hydrogen-bond donors (Lipinski definition) is 2. The number of rotatable bonds is 2. The lowest BCUT2D eigenvalue weighted by molar-refractivity contribution is -0.140. The molecular formula is C13H23N3O2. The highest BCUT2D eigenvalue weighted by atomic mass is 16.4. The van der Waals surface area contributed by atoms with Crippen molar-refractivity contribution in [3.8, 4) is 0 Å². The second-order valence-electron chi connectivity index (χ2n) is 5.48. The summed E-state index contributed by atoms with van der Waals surface area (Å²) in [6, 6.07) is 0. The Morgan fingerprint density at radius 2 is 1.61 bits per heavy atom. The van der Waals surface area contributed by atoms with Crippen LogP contribution < -0.4 is 5.73 Å². The summed E-state index contributed by atoms with van der Waals surface area (Å²) in [6.07, 6.45) is 7.87. The molecule has 0 spiro atoms. The van der Waals surface area contributed by atoms with Gasteiger partial charge >= 0.3 is 0 Å². The summed E-state index contributed by atoms with van der Waals surface area (Å²) in [4.78, 5) is 14.6. The highest BCUT2D eigenvalue weighted by Crippen LogP contribution is 2.38. The molecule has 1 saturated carbocycles. The third-order valence-corrected chi connectivity index (χ3v) is 4.36. The van der Waals surface area contributed by atoms with E-state index in [-0.39, 0.29) is 11.7 Å². The van der Waals surface area contributed by atoms with Crippen LogP contribution in [0.5, 0.6) is 0 Å². The topological polar surface area (TPSA) is 78.9 Å². The Labute approximate surface area is 108 Å². The molecule has 2 fully saturated rings. The maximum Gasteiger partial charge on any atom is 0.236 e. The second kappa shape index (κ2) is 5.59. The third kappa shape index (κ3) is 2.31. The van der Waals surface area contributed by atoms with Gasteiger partial charge in [-0.3, -0.25) is 4.79 Å². The average Bonchev–Trinajstić information content (AvgIpc) is 2.47. The van der Waals surface area contributed by atoms with Crippen LogP contribution in [0.15, 0.2) is 5.16 Å². The Hall–Kier alpha value is -1.26. The van der Waals surface area contributed by atoms with Gasteiger partial charge in [0.05, 0.1) is 0 Å². The molecule has 18 heavy (non-hydrogen) atoms. The molecule has 102 valence electrons. The maximum absolute atomic E-state index is 12.7. The van der Waals surface area contributed by atoms with Crippen LogP contribution in [0.2, 0.25) is 0 Å². The summed E-state index contributed by atoms with van der Waals surface area (Å²) in [7, 11) is 0. The summed E-state index contributed by atoms with van der Waals surface area (Å²) in [5.41, 5.74) is 5.11. The van der Waals surface area contributed by atoms with Crippen LogP contribution in [0.3, 0.4) is 0 Å². The first-order chi connectivity index (χ1) is 8.70. The molecular weight excluding hydrogens is 230 g/mol. The Morgan fingerprint density at radius 1 is 1.06 bits per heavy atom. The van der Waals surface area contributed by atoms with Crippen molar-refractivity contribution in [2.45, 2.75) is 51.4 Å². The van der Waals surface area contributed by atoms with Crippen LogP contribution in [0.4, 0.5) is 0 Å². The van der Waals surface area contributed by atoms with E-state index in [1.807, 2.05) is 4.90 Å². The molecule has 0 aromatic heterocycles. The van der Waals surface area contributed by atoms with E-state index in [2.05, 4.69) is 5.16 Å². The predicted molar refractivity (Wildman–Crippen MR) is 69.4 cm³/mol. The van der Waals surface area contributed by atoms with Crippen LogP contribution in [-0.4, -0.2) is 34.9 Å². The Morgan fingerprint density at radius 3 is 2.17 bits per heavy atom. The number of likely N-dealkylation sites (tertiary alicyclic amines) is 1. The van der Waals surface area contributed by atoms with Gasteiger partial charge in [0.25, 0.3) is 0 Å². The van der Waals surface area contributed by atoms with Gasteiger partial charge < -0.3 is 15.8 Å². The van der Waals surface area contributed by atoms with Crippen molar-refractivity contribution in [3.05, 3.63) is 0 Å². The molecule has 5 heteroatoms. The largest absolute Gasteiger partial charge is 0.409 e. The smallest absolute Gasteiger partial charge is 0.236 e. The van der Waals surface area contributed by atoms with Crippen LogP contribution in [0.25, 0.3) is 0 Å². The summed E-state index contributed by atoms with van der Waals surface area (Å²) in [5, 5.41) is 12.1. The molecule has 1 heterocycles. The molecule has 0 radical (unpaired) electrons. The van der Waals surface area contributed by atoms with Gasteiger partial charge in [-0.1, -0.05) is 24.4 Å². The van der Waals surface area contributed by atoms with E-state index < -0.39 is 5.41 Å². The predicted octanol–water partition coefficient (Wildman–Crippen LogP) is 1.70. The normalized spacial score (nSPS) is 24.9. The highest BCUT2D eigenvalue weighted by Gasteiger charge is 2.46. The molecule has 1 aliphatic carbocycles. The van der Waals surface area contributed by atoms with E-state index in [9.17, 15) is 4.79 Å². The molecule has 0 aromatic carbocycles. The van der Waals surface area contributed by atoms with Gasteiger partial charge in [0.15, 0.2) is 5.84 Å². The Balaban J connectivity index is 2.19. The fourth-order valence-electron chi connectivity index (χ4n) is 3.23. The van der Waals surface area contributed by atoms with Crippen LogP contribution in [0, 0.1) is 5.41 Å². The van der Waals surface area contributed by atoms with Crippen LogP contribution >= 0.6 is 0 Å². The highest BCUT2D eigenvalue weighted by molar-refractivity contribution is 6.06. The molecule has 5 nitrogen and oxygen atoms in total. The van der Waals surface area contributed by atoms with Gasteiger partial charge in [0, 0.05) is 13.1 Å². The monoisotopic (exact) mass is 253 g/mol. The average molecular weight is 253 g/mol. The van der Waals surface area contributed by atoms with Crippen LogP contribution in [0.1, 0.15) is 51.4 Å². The van der Waals surface area contributed by atoms with Crippen molar-refractivity contribution >= 4 is 11.7 Å². The van der Waals surface area contributed by atoms with Gasteiger partial charge in [0.2, 0.25) is 5.91 Å². The number of amidine groups is 1. The van der Waals surface area contributed by atoms with E-state index in [0.717, 1.165) is 58.0 Å². The molecule has 1 aliphatic heterocycles. The lowest BCUT2D eigenvalue weighted by Crippen LogP contribution is -2.53. The van der Waals surface area contributed by atoms with Gasteiger partial charge in [-0.25, -0.2) is 0 Å². The number of oxime groups is 1. The molecule has 3 N–H and O–H groups in total. The molecule has 1 saturated heterocycles. The minimum Gasteiger partial charge on any atom is -0.409 e. The number of carbonyl (C=O) groups excluding carboxylic acids is 1. The van der Waals surface area contributed by atoms with E-state index in [0.29, 0.717) is 0 Å². The lowest BCUT2D eigenvalue weighted by Gasteiger charge is -2.40. The van der Waals surface area contributed by atoms with Gasteiger partial charge in [-0.2, -0.15) is 0 Å². The number of hydrogen-bond acceptors (Lipinski definition) is 3. The molecule has 2 aliphatic rings. The maximum atomic E-state index is 12.7. The van der Waals surface area contributed by atoms with E-state index in [4.69, 9.17) is 10.9 Å². The fourth-order valence-corrected chi connectivity index (χ4v) is 3.23. The number of carbonyl (C=O) groups is 1. The minimum atomic E-state index is -0.732. The Bertz CT molecular complexity index is 329. The quantitative estimate of drug-likeness (QED) is 0.340. The van der Waals surface area contributed by atoms with Gasteiger partial charge in [-0.15, -0.1) is 0 Å². The first-order valence-electron chi connectivity index (χ1n) is 6.98. The zero-order valence-corrected chi connectivity index (χ0v) is 10.9. The first kappa shape index (κ1) is 13.2. The molecule has 0 atom stereocenters. The fraction of sp³-hybridized carbons (Fsp3) is 0.846. The van der Waals surface area contributed by atoms with Crippen molar-refractivity contribution in [2.75, 3.05) is 13.1 Å². The summed E-state index contributed by atoms with van der Waals surface area (Å²) in [5.74, 6) is 0.190. The van der Waals surface area contributed by atoms with Crippen molar-refractivity contribution < 1.29 is 10.0 Å². The lowest BCUT2D eigenvalue weighted by atomic mass is 9.72. The molecule has 2 rings (SSSR count). The minimum absolute atomic E-state index is 0.0807. The number of nitrogens with zero attached hydrogens (tertiary/aromatic N) is 2. The van der Waals surface area contributed by atoms with Crippen molar-refractivity contribution in [1.82, 2.24) is 4.90 Å². The number of piperidine rings is 1. The summed E-state index contributed by atoms with van der Waals surface area (Å²) in [6.45, 7) is 1.64. The first-order valence-corrected chi connectivity index (χ1v) is 6.98. The van der Waals surface area contributed by atoms with Gasteiger partial charge in [0.1, 0.15) is 5.41 Å². The number of nitrogens with two attached hydrogens (primary N) is 1. The molecule has 0 bridgehead atoms. The van der Waals surface area contributed by atoms with Crippen molar-refractivity contribution in [3.63, 3.8) is 0 Å². The second-order valence-corrected chi connectivity index (χ2v) is 5.48. The molecule has 1 amide bonds. The van der Waals surface area contributed by atoms with E-state index >= 15 is 0 Å². The standard InChI is InChI=1S/C13H23N3O2/c14-11(15-18)13(7-3-1-4-8-13)12(17)16-9-5-2-6-10-16/h18H,1-10H2,(H2,14,15).